The molecule has 6 heteroatoms. The summed E-state index contributed by atoms with van der Waals surface area (Å²) in [6.45, 7) is 2.16. The van der Waals surface area contributed by atoms with Crippen LogP contribution in [0, 0.1) is 19.3 Å². The number of hydrogen-bond donors (Lipinski definition) is 0. The third kappa shape index (κ3) is 7.09. The van der Waals surface area contributed by atoms with Gasteiger partial charge in [-0.05, 0) is 71.8 Å². The number of hydrogen-bond acceptors (Lipinski definition) is 4. The average Bonchev–Trinajstić information content (AvgIpc) is 4.02. The first-order valence-corrected chi connectivity index (χ1v) is 17.8. The Morgan fingerprint density at radius 3 is 2.02 bits per heavy atom. The fourth-order valence-corrected chi connectivity index (χ4v) is 6.93. The Bertz CT molecular complexity index is 2710. The Labute approximate surface area is 332 Å². The van der Waals surface area contributed by atoms with Gasteiger partial charge in [0.25, 0.3) is 0 Å². The Kier molecular flexibility index (Phi) is 10.2. The van der Waals surface area contributed by atoms with Crippen molar-refractivity contribution in [3.8, 4) is 61.9 Å². The molecule has 0 saturated carbocycles. The molecule has 1 radical (unpaired) electrons. The first-order valence-electron chi connectivity index (χ1n) is 17.8. The van der Waals surface area contributed by atoms with Crippen molar-refractivity contribution < 1.29 is 28.9 Å². The minimum Gasteiger partial charge on any atom is -0.557 e. The van der Waals surface area contributed by atoms with E-state index in [0.717, 1.165) is 83.9 Å². The van der Waals surface area contributed by atoms with E-state index < -0.39 is 0 Å². The molecular formula is C49H33IrN3O2-2. The van der Waals surface area contributed by atoms with Crippen LogP contribution in [0.5, 0.6) is 0 Å². The van der Waals surface area contributed by atoms with Gasteiger partial charge in [-0.25, -0.2) is 0 Å². The van der Waals surface area contributed by atoms with Gasteiger partial charge in [0.1, 0.15) is 5.76 Å². The zero-order valence-electron chi connectivity index (χ0n) is 29.8. The molecule has 0 bridgehead atoms. The van der Waals surface area contributed by atoms with Crippen LogP contribution in [-0.4, -0.2) is 14.5 Å². The van der Waals surface area contributed by atoms with Gasteiger partial charge in [0.2, 0.25) is 0 Å². The molecule has 0 unspecified atom stereocenters. The van der Waals surface area contributed by atoms with Gasteiger partial charge >= 0.3 is 0 Å². The molecule has 0 N–H and O–H groups in total. The standard InChI is InChI=1S/C38H25N2O2.C11H8N.Ir/c1-25-21-29(26-11-4-2-5-12-26)37(30(22-25)27-13-6-3-7-14-27)40-34-16-9-8-15-33(34)39-38(40)32-24-42-36-19-18-28(23-31(32)36)35-17-10-20-41-35;1-2-6-10(7-3-1)11-8-4-5-9-12-11;/h2-23H,1H3;1-6,8-9H;/q2*-1;. The first kappa shape index (κ1) is 35.4. The van der Waals surface area contributed by atoms with Crippen LogP contribution in [0.1, 0.15) is 5.56 Å². The van der Waals surface area contributed by atoms with Crippen molar-refractivity contribution >= 4 is 22.0 Å². The predicted molar refractivity (Wildman–Crippen MR) is 217 cm³/mol. The largest absolute Gasteiger partial charge is 0.557 e. The van der Waals surface area contributed by atoms with Crippen LogP contribution >= 0.6 is 0 Å². The van der Waals surface area contributed by atoms with Gasteiger partial charge in [-0.1, -0.05) is 114 Å². The summed E-state index contributed by atoms with van der Waals surface area (Å²) in [5.74, 6) is 1.57. The number of para-hydroxylation sites is 2. The molecular weight excluding hydrogens is 855 g/mol. The number of fused-ring (bicyclic) bond motifs is 2. The molecule has 0 aliphatic carbocycles. The van der Waals surface area contributed by atoms with Crippen LogP contribution in [0.2, 0.25) is 0 Å². The van der Waals surface area contributed by atoms with E-state index in [9.17, 15) is 0 Å². The minimum absolute atomic E-state index is 0. The van der Waals surface area contributed by atoms with Crippen molar-refractivity contribution in [3.63, 3.8) is 0 Å². The van der Waals surface area contributed by atoms with Crippen molar-refractivity contribution in [1.82, 2.24) is 14.5 Å². The predicted octanol–water partition coefficient (Wildman–Crippen LogP) is 12.7. The van der Waals surface area contributed by atoms with Gasteiger partial charge in [0.15, 0.2) is 0 Å². The molecule has 4 aromatic heterocycles. The number of aromatic nitrogens is 3. The SMILES string of the molecule is Cc1cc(-c2ccccc2)c(-n2c(-c3[c-]oc4ccc(-c5ccco5)cc34)nc3ccccc32)c(-c2ccccc2)c1.[Ir].[c-]1ccccc1-c1ccccn1. The van der Waals surface area contributed by atoms with Crippen LogP contribution in [0.3, 0.4) is 0 Å². The van der Waals surface area contributed by atoms with Gasteiger partial charge in [0, 0.05) is 54.8 Å². The van der Waals surface area contributed by atoms with E-state index in [2.05, 4.69) is 126 Å². The number of rotatable bonds is 6. The summed E-state index contributed by atoms with van der Waals surface area (Å²) in [6, 6.07) is 60.7. The Hall–Kier alpha value is -6.59. The third-order valence-electron chi connectivity index (χ3n) is 9.40. The molecule has 0 amide bonds. The topological polar surface area (TPSA) is 57.0 Å². The molecule has 0 atom stereocenters. The second-order valence-electron chi connectivity index (χ2n) is 13.0. The summed E-state index contributed by atoms with van der Waals surface area (Å²) >= 11 is 0. The van der Waals surface area contributed by atoms with E-state index in [1.54, 1.807) is 12.5 Å². The van der Waals surface area contributed by atoms with Crippen molar-refractivity contribution in [3.05, 3.63) is 200 Å². The summed E-state index contributed by atoms with van der Waals surface area (Å²) in [5, 5.41) is 0.926. The molecule has 5 nitrogen and oxygen atoms in total. The molecule has 267 valence electrons. The number of pyridine rings is 1. The maximum atomic E-state index is 6.00. The van der Waals surface area contributed by atoms with Crippen LogP contribution in [-0.2, 0) is 20.1 Å². The number of nitrogens with zero attached hydrogens (tertiary/aromatic N) is 3. The van der Waals surface area contributed by atoms with Crippen LogP contribution in [0.25, 0.3) is 83.9 Å². The molecule has 0 saturated heterocycles. The fourth-order valence-electron chi connectivity index (χ4n) is 6.93. The van der Waals surface area contributed by atoms with Crippen molar-refractivity contribution in [2.75, 3.05) is 0 Å². The smallest absolute Gasteiger partial charge is 0.133 e. The second-order valence-corrected chi connectivity index (χ2v) is 13.0. The molecule has 0 fully saturated rings. The van der Waals surface area contributed by atoms with Gasteiger partial charge in [-0.15, -0.1) is 35.9 Å². The number of benzene rings is 6. The Balaban J connectivity index is 0.000000280. The second kappa shape index (κ2) is 15.8. The molecule has 0 spiro atoms. The van der Waals surface area contributed by atoms with E-state index in [1.165, 1.54) is 5.56 Å². The molecule has 0 aliphatic heterocycles. The van der Waals surface area contributed by atoms with Gasteiger partial charge in [-0.2, -0.15) is 0 Å². The number of imidazole rings is 1. The van der Waals surface area contributed by atoms with Gasteiger partial charge < -0.3 is 18.4 Å². The summed E-state index contributed by atoms with van der Waals surface area (Å²) in [7, 11) is 0. The summed E-state index contributed by atoms with van der Waals surface area (Å²) in [6.07, 6.45) is 6.69. The summed E-state index contributed by atoms with van der Waals surface area (Å²) in [4.78, 5) is 9.43. The van der Waals surface area contributed by atoms with Crippen LogP contribution in [0.4, 0.5) is 0 Å². The quantitative estimate of drug-likeness (QED) is 0.156. The van der Waals surface area contributed by atoms with E-state index in [-0.39, 0.29) is 20.1 Å². The molecule has 4 heterocycles. The maximum Gasteiger partial charge on any atom is 0.133 e. The Morgan fingerprint density at radius 1 is 0.636 bits per heavy atom. The zero-order chi connectivity index (χ0) is 36.3. The van der Waals surface area contributed by atoms with Gasteiger partial charge in [0.05, 0.1) is 28.8 Å². The average molecular weight is 888 g/mol. The third-order valence-corrected chi connectivity index (χ3v) is 9.40. The van der Waals surface area contributed by atoms with E-state index in [1.807, 2.05) is 72.8 Å². The van der Waals surface area contributed by atoms with Crippen molar-refractivity contribution in [1.29, 1.82) is 0 Å². The monoisotopic (exact) mass is 888 g/mol. The van der Waals surface area contributed by atoms with E-state index >= 15 is 0 Å². The number of aryl methyl sites for hydroxylation is 1. The van der Waals surface area contributed by atoms with Crippen LogP contribution < -0.4 is 0 Å². The number of furan rings is 2. The summed E-state index contributed by atoms with van der Waals surface area (Å²) in [5.41, 5.74) is 13.2. The zero-order valence-corrected chi connectivity index (χ0v) is 32.2. The van der Waals surface area contributed by atoms with Gasteiger partial charge in [-0.3, -0.25) is 4.98 Å². The molecule has 0 aliphatic rings. The minimum atomic E-state index is 0. The van der Waals surface area contributed by atoms with Crippen molar-refractivity contribution in [2.45, 2.75) is 6.92 Å². The van der Waals surface area contributed by atoms with Crippen LogP contribution in [0.15, 0.2) is 191 Å². The fraction of sp³-hybridized carbons (Fsp3) is 0.0204. The first-order chi connectivity index (χ1) is 26.7. The maximum absolute atomic E-state index is 6.00. The molecule has 10 aromatic rings. The summed E-state index contributed by atoms with van der Waals surface area (Å²) < 4.78 is 14.0. The van der Waals surface area contributed by atoms with E-state index in [0.29, 0.717) is 0 Å². The molecule has 55 heavy (non-hydrogen) atoms. The molecule has 10 rings (SSSR count). The normalized spacial score (nSPS) is 10.9. The molecule has 6 aromatic carbocycles. The Morgan fingerprint density at radius 2 is 1.35 bits per heavy atom. The van der Waals surface area contributed by atoms with E-state index in [4.69, 9.17) is 13.8 Å². The van der Waals surface area contributed by atoms with Crippen molar-refractivity contribution in [2.24, 2.45) is 0 Å².